The van der Waals surface area contributed by atoms with Crippen molar-refractivity contribution >= 4 is 27.7 Å². The van der Waals surface area contributed by atoms with Gasteiger partial charge in [0.1, 0.15) is 0 Å². The van der Waals surface area contributed by atoms with E-state index in [9.17, 15) is 31.2 Å². The summed E-state index contributed by atoms with van der Waals surface area (Å²) in [5.41, 5.74) is 3.58. The molecule has 0 spiro atoms. The summed E-state index contributed by atoms with van der Waals surface area (Å²) >= 11 is 0. The Labute approximate surface area is 148 Å². The Morgan fingerprint density at radius 1 is 1.23 bits per heavy atom. The SMILES string of the molecule is O=C(/C=C/c1cccc(C(F)(F)F)c1)NNC(=O)C[C@@H]1CCS(=O)(=O)C1. The van der Waals surface area contributed by atoms with E-state index in [1.165, 1.54) is 18.2 Å². The molecular weight excluding hydrogens is 373 g/mol. The largest absolute Gasteiger partial charge is 0.416 e. The first-order valence-electron chi connectivity index (χ1n) is 7.70. The van der Waals surface area contributed by atoms with Gasteiger partial charge in [0.05, 0.1) is 17.1 Å². The summed E-state index contributed by atoms with van der Waals surface area (Å²) in [4.78, 5) is 23.3. The van der Waals surface area contributed by atoms with Crippen molar-refractivity contribution < 1.29 is 31.2 Å². The van der Waals surface area contributed by atoms with E-state index < -0.39 is 33.4 Å². The van der Waals surface area contributed by atoms with Crippen LogP contribution in [0, 0.1) is 5.92 Å². The van der Waals surface area contributed by atoms with E-state index in [2.05, 4.69) is 10.9 Å². The summed E-state index contributed by atoms with van der Waals surface area (Å²) < 4.78 is 60.4. The predicted octanol–water partition coefficient (Wildman–Crippen LogP) is 1.69. The van der Waals surface area contributed by atoms with E-state index in [0.29, 0.717) is 6.42 Å². The average Bonchev–Trinajstić information content (AvgIpc) is 2.89. The molecule has 1 saturated heterocycles. The van der Waals surface area contributed by atoms with Crippen molar-refractivity contribution in [3.63, 3.8) is 0 Å². The summed E-state index contributed by atoms with van der Waals surface area (Å²) in [6, 6.07) is 4.43. The molecule has 1 heterocycles. The molecule has 0 aromatic heterocycles. The maximum absolute atomic E-state index is 12.6. The molecular formula is C16H17F3N2O4S. The highest BCUT2D eigenvalue weighted by atomic mass is 32.2. The van der Waals surface area contributed by atoms with Crippen LogP contribution in [0.5, 0.6) is 0 Å². The standard InChI is InChI=1S/C16H17F3N2O4S/c17-16(18,19)13-3-1-2-11(8-13)4-5-14(22)20-21-15(23)9-12-6-7-26(24,25)10-12/h1-5,8,12H,6-7,9-10H2,(H,20,22)(H,21,23)/b5-4+/t12-/m0/s1. The summed E-state index contributed by atoms with van der Waals surface area (Å²) in [6.45, 7) is 0. The van der Waals surface area contributed by atoms with Gasteiger partial charge in [0.2, 0.25) is 5.91 Å². The van der Waals surface area contributed by atoms with Gasteiger partial charge in [-0.05, 0) is 36.1 Å². The Kier molecular flexibility index (Phi) is 6.06. The van der Waals surface area contributed by atoms with Gasteiger partial charge in [-0.25, -0.2) is 8.42 Å². The molecule has 0 bridgehead atoms. The lowest BCUT2D eigenvalue weighted by Gasteiger charge is -2.09. The number of hydrogen-bond donors (Lipinski definition) is 2. The Morgan fingerprint density at radius 3 is 2.58 bits per heavy atom. The van der Waals surface area contributed by atoms with Crippen LogP contribution in [0.2, 0.25) is 0 Å². The van der Waals surface area contributed by atoms with Crippen LogP contribution >= 0.6 is 0 Å². The van der Waals surface area contributed by atoms with Crippen molar-refractivity contribution in [2.24, 2.45) is 5.92 Å². The summed E-state index contributed by atoms with van der Waals surface area (Å²) in [5, 5.41) is 0. The van der Waals surface area contributed by atoms with Crippen LogP contribution in [0.25, 0.3) is 6.08 Å². The lowest BCUT2D eigenvalue weighted by atomic mass is 10.1. The van der Waals surface area contributed by atoms with E-state index in [0.717, 1.165) is 18.2 Å². The Morgan fingerprint density at radius 2 is 1.96 bits per heavy atom. The first-order valence-corrected chi connectivity index (χ1v) is 9.52. The second kappa shape index (κ2) is 7.90. The third-order valence-corrected chi connectivity index (χ3v) is 5.60. The van der Waals surface area contributed by atoms with Gasteiger partial charge in [-0.3, -0.25) is 20.4 Å². The van der Waals surface area contributed by atoms with Crippen molar-refractivity contribution in [3.05, 3.63) is 41.5 Å². The number of hydrogen-bond acceptors (Lipinski definition) is 4. The van der Waals surface area contributed by atoms with E-state index >= 15 is 0 Å². The lowest BCUT2D eigenvalue weighted by Crippen LogP contribution is -2.41. The fourth-order valence-electron chi connectivity index (χ4n) is 2.51. The molecule has 1 aliphatic rings. The van der Waals surface area contributed by atoms with Crippen molar-refractivity contribution in [1.82, 2.24) is 10.9 Å². The van der Waals surface area contributed by atoms with Gasteiger partial charge in [0, 0.05) is 12.5 Å². The van der Waals surface area contributed by atoms with Gasteiger partial charge in [-0.2, -0.15) is 13.2 Å². The van der Waals surface area contributed by atoms with Crippen LogP contribution in [0.1, 0.15) is 24.0 Å². The molecule has 6 nitrogen and oxygen atoms in total. The molecule has 26 heavy (non-hydrogen) atoms. The van der Waals surface area contributed by atoms with Gasteiger partial charge in [-0.15, -0.1) is 0 Å². The summed E-state index contributed by atoms with van der Waals surface area (Å²) in [7, 11) is -3.08. The maximum Gasteiger partial charge on any atom is 0.416 e. The maximum atomic E-state index is 12.6. The highest BCUT2D eigenvalue weighted by molar-refractivity contribution is 7.91. The zero-order chi connectivity index (χ0) is 19.4. The van der Waals surface area contributed by atoms with Gasteiger partial charge < -0.3 is 0 Å². The lowest BCUT2D eigenvalue weighted by molar-refractivity contribution is -0.137. The number of carbonyl (C=O) groups is 2. The first kappa shape index (κ1) is 20.0. The Bertz CT molecular complexity index is 819. The van der Waals surface area contributed by atoms with E-state index in [4.69, 9.17) is 0 Å². The molecule has 0 saturated carbocycles. The number of nitrogens with one attached hydrogen (secondary N) is 2. The third kappa shape index (κ3) is 6.17. The molecule has 1 aromatic rings. The number of amides is 2. The first-order chi connectivity index (χ1) is 12.0. The van der Waals surface area contributed by atoms with Crippen LogP contribution < -0.4 is 10.9 Å². The van der Waals surface area contributed by atoms with Crippen LogP contribution in [0.4, 0.5) is 13.2 Å². The van der Waals surface area contributed by atoms with Crippen molar-refractivity contribution in [3.8, 4) is 0 Å². The molecule has 1 aromatic carbocycles. The topological polar surface area (TPSA) is 92.3 Å². The monoisotopic (exact) mass is 390 g/mol. The normalized spacial score (nSPS) is 19.4. The minimum absolute atomic E-state index is 0.0309. The number of carbonyl (C=O) groups excluding carboxylic acids is 2. The molecule has 2 amide bonds. The summed E-state index contributed by atoms with van der Waals surface area (Å²) in [5.74, 6) is -1.54. The molecule has 10 heteroatoms. The van der Waals surface area contributed by atoms with Crippen LogP contribution in [-0.4, -0.2) is 31.7 Å². The van der Waals surface area contributed by atoms with E-state index in [1.54, 1.807) is 0 Å². The van der Waals surface area contributed by atoms with Crippen molar-refractivity contribution in [2.45, 2.75) is 19.0 Å². The molecule has 142 valence electrons. The predicted molar refractivity (Wildman–Crippen MR) is 88.1 cm³/mol. The molecule has 2 rings (SSSR count). The fraction of sp³-hybridized carbons (Fsp3) is 0.375. The molecule has 0 unspecified atom stereocenters. The third-order valence-electron chi connectivity index (χ3n) is 3.77. The molecule has 1 fully saturated rings. The fourth-order valence-corrected chi connectivity index (χ4v) is 4.37. The Balaban J connectivity index is 1.81. The zero-order valence-corrected chi connectivity index (χ0v) is 14.4. The van der Waals surface area contributed by atoms with Crippen LogP contribution in [0.3, 0.4) is 0 Å². The molecule has 2 N–H and O–H groups in total. The second-order valence-electron chi connectivity index (χ2n) is 5.97. The van der Waals surface area contributed by atoms with Gasteiger partial charge >= 0.3 is 6.18 Å². The number of alkyl halides is 3. The highest BCUT2D eigenvalue weighted by Gasteiger charge is 2.30. The number of halogens is 3. The molecule has 1 aliphatic heterocycles. The second-order valence-corrected chi connectivity index (χ2v) is 8.20. The number of hydrazine groups is 1. The number of sulfone groups is 1. The van der Waals surface area contributed by atoms with E-state index in [-0.39, 0.29) is 29.4 Å². The van der Waals surface area contributed by atoms with E-state index in [1.807, 2.05) is 0 Å². The molecule has 1 atom stereocenters. The van der Waals surface area contributed by atoms with Gasteiger partial charge in [0.25, 0.3) is 5.91 Å². The van der Waals surface area contributed by atoms with Crippen molar-refractivity contribution in [1.29, 1.82) is 0 Å². The average molecular weight is 390 g/mol. The summed E-state index contributed by atoms with van der Waals surface area (Å²) in [6.07, 6.45) is -1.94. The van der Waals surface area contributed by atoms with Crippen LogP contribution in [0.15, 0.2) is 30.3 Å². The molecule has 0 aliphatic carbocycles. The zero-order valence-electron chi connectivity index (χ0n) is 13.5. The smallest absolute Gasteiger partial charge is 0.273 e. The number of rotatable bonds is 4. The van der Waals surface area contributed by atoms with Crippen molar-refractivity contribution in [2.75, 3.05) is 11.5 Å². The Hall–Kier alpha value is -2.36. The van der Waals surface area contributed by atoms with Gasteiger partial charge in [-0.1, -0.05) is 12.1 Å². The minimum atomic E-state index is -4.48. The van der Waals surface area contributed by atoms with Crippen LogP contribution in [-0.2, 0) is 25.6 Å². The van der Waals surface area contributed by atoms with Gasteiger partial charge in [0.15, 0.2) is 9.84 Å². The minimum Gasteiger partial charge on any atom is -0.273 e. The molecule has 0 radical (unpaired) electrons. The number of benzene rings is 1. The highest BCUT2D eigenvalue weighted by Crippen LogP contribution is 2.29. The quantitative estimate of drug-likeness (QED) is 0.605.